The highest BCUT2D eigenvalue weighted by molar-refractivity contribution is 5.92. The SMILES string of the molecule is COc1cccc(NC(=O)CN(C)Cc2ccc(OC)c(OC)c2OC)c1. The van der Waals surface area contributed by atoms with Crippen molar-refractivity contribution in [3.63, 3.8) is 0 Å². The van der Waals surface area contributed by atoms with Crippen LogP contribution in [-0.2, 0) is 11.3 Å². The maximum Gasteiger partial charge on any atom is 0.238 e. The predicted octanol–water partition coefficient (Wildman–Crippen LogP) is 2.79. The van der Waals surface area contributed by atoms with Crippen LogP contribution in [0, 0.1) is 0 Å². The highest BCUT2D eigenvalue weighted by atomic mass is 16.5. The fourth-order valence-electron chi connectivity index (χ4n) is 2.78. The molecule has 27 heavy (non-hydrogen) atoms. The van der Waals surface area contributed by atoms with E-state index in [0.717, 1.165) is 5.56 Å². The molecule has 2 aromatic rings. The molecule has 7 heteroatoms. The Morgan fingerprint density at radius 1 is 0.963 bits per heavy atom. The molecule has 2 aromatic carbocycles. The molecule has 0 aliphatic rings. The summed E-state index contributed by atoms with van der Waals surface area (Å²) in [5.41, 5.74) is 1.59. The van der Waals surface area contributed by atoms with Gasteiger partial charge in [0.2, 0.25) is 11.7 Å². The van der Waals surface area contributed by atoms with Gasteiger partial charge in [0, 0.05) is 23.9 Å². The number of hydrogen-bond acceptors (Lipinski definition) is 6. The minimum atomic E-state index is -0.120. The van der Waals surface area contributed by atoms with E-state index in [1.807, 2.05) is 42.3 Å². The third kappa shape index (κ3) is 5.27. The van der Waals surface area contributed by atoms with E-state index in [1.165, 1.54) is 0 Å². The fourth-order valence-corrected chi connectivity index (χ4v) is 2.78. The van der Waals surface area contributed by atoms with E-state index in [-0.39, 0.29) is 12.5 Å². The summed E-state index contributed by atoms with van der Waals surface area (Å²) in [6, 6.07) is 11.0. The Morgan fingerprint density at radius 3 is 2.33 bits per heavy atom. The summed E-state index contributed by atoms with van der Waals surface area (Å²) in [6.07, 6.45) is 0. The topological polar surface area (TPSA) is 69.3 Å². The Hall–Kier alpha value is -2.93. The number of hydrogen-bond donors (Lipinski definition) is 1. The molecule has 0 fully saturated rings. The van der Waals surface area contributed by atoms with Crippen LogP contribution in [0.3, 0.4) is 0 Å². The molecule has 0 aromatic heterocycles. The molecule has 0 aliphatic heterocycles. The molecule has 0 aliphatic carbocycles. The van der Waals surface area contributed by atoms with E-state index >= 15 is 0 Å². The number of benzene rings is 2. The number of amides is 1. The highest BCUT2D eigenvalue weighted by Crippen LogP contribution is 2.40. The molecule has 1 N–H and O–H groups in total. The zero-order chi connectivity index (χ0) is 19.8. The molecule has 1 amide bonds. The zero-order valence-corrected chi connectivity index (χ0v) is 16.4. The van der Waals surface area contributed by atoms with Gasteiger partial charge in [-0.3, -0.25) is 9.69 Å². The molecule has 2 rings (SSSR count). The molecule has 0 atom stereocenters. The summed E-state index contributed by atoms with van der Waals surface area (Å²) in [4.78, 5) is 14.2. The second-order valence-corrected chi connectivity index (χ2v) is 5.95. The van der Waals surface area contributed by atoms with Crippen LogP contribution in [0.2, 0.25) is 0 Å². The molecule has 146 valence electrons. The van der Waals surface area contributed by atoms with Gasteiger partial charge in [0.05, 0.1) is 35.0 Å². The van der Waals surface area contributed by atoms with Gasteiger partial charge in [0.1, 0.15) is 5.75 Å². The Kier molecular flexibility index (Phi) is 7.31. The average Bonchev–Trinajstić information content (AvgIpc) is 2.67. The van der Waals surface area contributed by atoms with Crippen molar-refractivity contribution >= 4 is 11.6 Å². The summed E-state index contributed by atoms with van der Waals surface area (Å²) in [6.45, 7) is 0.726. The van der Waals surface area contributed by atoms with Crippen molar-refractivity contribution in [3.05, 3.63) is 42.0 Å². The first-order chi connectivity index (χ1) is 13.0. The van der Waals surface area contributed by atoms with Crippen LogP contribution in [0.5, 0.6) is 23.0 Å². The van der Waals surface area contributed by atoms with Crippen molar-refractivity contribution < 1.29 is 23.7 Å². The van der Waals surface area contributed by atoms with Crippen LogP contribution >= 0.6 is 0 Å². The van der Waals surface area contributed by atoms with Crippen molar-refractivity contribution in [1.82, 2.24) is 4.90 Å². The molecule has 7 nitrogen and oxygen atoms in total. The Bertz CT molecular complexity index is 779. The van der Waals surface area contributed by atoms with Crippen molar-refractivity contribution in [1.29, 1.82) is 0 Å². The maximum absolute atomic E-state index is 12.3. The monoisotopic (exact) mass is 374 g/mol. The number of anilines is 1. The van der Waals surface area contributed by atoms with E-state index < -0.39 is 0 Å². The number of carbonyl (C=O) groups is 1. The van der Waals surface area contributed by atoms with Gasteiger partial charge in [-0.2, -0.15) is 0 Å². The van der Waals surface area contributed by atoms with Crippen LogP contribution < -0.4 is 24.3 Å². The smallest absolute Gasteiger partial charge is 0.238 e. The summed E-state index contributed by atoms with van der Waals surface area (Å²) in [5, 5.41) is 2.87. The molecule has 0 radical (unpaired) electrons. The molecular weight excluding hydrogens is 348 g/mol. The van der Waals surface area contributed by atoms with Crippen LogP contribution in [0.15, 0.2) is 36.4 Å². The lowest BCUT2D eigenvalue weighted by atomic mass is 10.1. The number of nitrogens with zero attached hydrogens (tertiary/aromatic N) is 1. The van der Waals surface area contributed by atoms with Crippen molar-refractivity contribution in [3.8, 4) is 23.0 Å². The first-order valence-corrected chi connectivity index (χ1v) is 8.42. The maximum atomic E-state index is 12.3. The quantitative estimate of drug-likeness (QED) is 0.728. The fraction of sp³-hybridized carbons (Fsp3) is 0.350. The molecule has 0 saturated carbocycles. The molecule has 0 saturated heterocycles. The van der Waals surface area contributed by atoms with Crippen molar-refractivity contribution in [2.45, 2.75) is 6.54 Å². The van der Waals surface area contributed by atoms with Crippen LogP contribution in [-0.4, -0.2) is 52.8 Å². The van der Waals surface area contributed by atoms with Crippen LogP contribution in [0.1, 0.15) is 5.56 Å². The lowest BCUT2D eigenvalue weighted by Gasteiger charge is -2.20. The number of nitrogens with one attached hydrogen (secondary N) is 1. The van der Waals surface area contributed by atoms with Gasteiger partial charge in [-0.1, -0.05) is 12.1 Å². The Labute approximate surface area is 159 Å². The normalized spacial score (nSPS) is 10.4. The van der Waals surface area contributed by atoms with E-state index in [1.54, 1.807) is 34.5 Å². The second-order valence-electron chi connectivity index (χ2n) is 5.95. The minimum Gasteiger partial charge on any atom is -0.497 e. The molecule has 0 unspecified atom stereocenters. The van der Waals surface area contributed by atoms with Crippen molar-refractivity contribution in [2.24, 2.45) is 0 Å². The molecule has 0 spiro atoms. The Morgan fingerprint density at radius 2 is 1.70 bits per heavy atom. The minimum absolute atomic E-state index is 0.120. The average molecular weight is 374 g/mol. The van der Waals surface area contributed by atoms with Gasteiger partial charge in [-0.05, 0) is 25.2 Å². The number of methoxy groups -OCH3 is 4. The van der Waals surface area contributed by atoms with E-state index in [4.69, 9.17) is 18.9 Å². The number of ether oxygens (including phenoxy) is 4. The van der Waals surface area contributed by atoms with Gasteiger partial charge in [-0.15, -0.1) is 0 Å². The summed E-state index contributed by atoms with van der Waals surface area (Å²) in [7, 11) is 8.17. The van der Waals surface area contributed by atoms with Gasteiger partial charge in [-0.25, -0.2) is 0 Å². The summed E-state index contributed by atoms with van der Waals surface area (Å²) < 4.78 is 21.4. The first kappa shape index (κ1) is 20.4. The largest absolute Gasteiger partial charge is 0.497 e. The Balaban J connectivity index is 2.04. The van der Waals surface area contributed by atoms with Gasteiger partial charge < -0.3 is 24.3 Å². The van der Waals surface area contributed by atoms with Gasteiger partial charge in [0.25, 0.3) is 0 Å². The second kappa shape index (κ2) is 9.68. The van der Waals surface area contributed by atoms with Gasteiger partial charge in [0.15, 0.2) is 11.5 Å². The van der Waals surface area contributed by atoms with E-state index in [2.05, 4.69) is 5.32 Å². The summed E-state index contributed by atoms with van der Waals surface area (Å²) in [5.74, 6) is 2.29. The standard InChI is InChI=1S/C20H26N2O5/c1-22(13-18(23)21-15-7-6-8-16(11-15)24-2)12-14-9-10-17(25-3)20(27-5)19(14)26-4/h6-11H,12-13H2,1-5H3,(H,21,23). The highest BCUT2D eigenvalue weighted by Gasteiger charge is 2.17. The van der Waals surface area contributed by atoms with Gasteiger partial charge >= 0.3 is 0 Å². The molecule has 0 bridgehead atoms. The lowest BCUT2D eigenvalue weighted by Crippen LogP contribution is -2.30. The van der Waals surface area contributed by atoms with Crippen LogP contribution in [0.4, 0.5) is 5.69 Å². The van der Waals surface area contributed by atoms with Crippen molar-refractivity contribution in [2.75, 3.05) is 47.3 Å². The van der Waals surface area contributed by atoms with Crippen LogP contribution in [0.25, 0.3) is 0 Å². The summed E-state index contributed by atoms with van der Waals surface area (Å²) >= 11 is 0. The third-order valence-electron chi connectivity index (χ3n) is 3.99. The van der Waals surface area contributed by atoms with E-state index in [0.29, 0.717) is 35.2 Å². The predicted molar refractivity (Wildman–Crippen MR) is 104 cm³/mol. The lowest BCUT2D eigenvalue weighted by molar-refractivity contribution is -0.117. The van der Waals surface area contributed by atoms with E-state index in [9.17, 15) is 4.79 Å². The number of likely N-dealkylation sites (N-methyl/N-ethyl adjacent to an activating group) is 1. The molecular formula is C20H26N2O5. The number of rotatable bonds is 9. The zero-order valence-electron chi connectivity index (χ0n) is 16.4. The first-order valence-electron chi connectivity index (χ1n) is 8.42. The molecule has 0 heterocycles. The number of carbonyl (C=O) groups excluding carboxylic acids is 1. The third-order valence-corrected chi connectivity index (χ3v) is 3.99.